The number of piperazine rings is 1. The van der Waals surface area contributed by atoms with Crippen molar-refractivity contribution >= 4 is 22.3 Å². The maximum atomic E-state index is 9.53. The monoisotopic (exact) mass is 452 g/mol. The summed E-state index contributed by atoms with van der Waals surface area (Å²) in [5.74, 6) is 0. The van der Waals surface area contributed by atoms with E-state index in [1.165, 1.54) is 22.5 Å². The Morgan fingerprint density at radius 2 is 1.91 bits per heavy atom. The number of hydrogen-bond acceptors (Lipinski definition) is 6. The summed E-state index contributed by atoms with van der Waals surface area (Å²) in [7, 11) is 0. The predicted octanol–water partition coefficient (Wildman–Crippen LogP) is 4.19. The number of piperidine rings is 1. The Labute approximate surface area is 201 Å². The van der Waals surface area contributed by atoms with Gasteiger partial charge in [-0.3, -0.25) is 9.88 Å². The molecule has 6 nitrogen and oxygen atoms in total. The van der Waals surface area contributed by atoms with Gasteiger partial charge in [-0.2, -0.15) is 5.26 Å². The summed E-state index contributed by atoms with van der Waals surface area (Å²) in [5, 5.41) is 10.6. The van der Waals surface area contributed by atoms with Crippen molar-refractivity contribution < 1.29 is 0 Å². The average Bonchev–Trinajstić information content (AvgIpc) is 3.22. The summed E-state index contributed by atoms with van der Waals surface area (Å²) in [4.78, 5) is 12.2. The third kappa shape index (κ3) is 3.51. The first-order chi connectivity index (χ1) is 16.4. The van der Waals surface area contributed by atoms with Gasteiger partial charge in [-0.25, -0.2) is 0 Å². The molecular weight excluding hydrogens is 420 g/mol. The molecule has 0 bridgehead atoms. The minimum atomic E-state index is -0.0299. The number of nitriles is 1. The molecule has 2 atom stereocenters. The molecule has 6 rings (SSSR count). The Morgan fingerprint density at radius 1 is 1.09 bits per heavy atom. The fourth-order valence-corrected chi connectivity index (χ4v) is 6.11. The molecule has 2 fully saturated rings. The van der Waals surface area contributed by atoms with Crippen molar-refractivity contribution in [1.29, 1.82) is 5.26 Å². The lowest BCUT2D eigenvalue weighted by molar-refractivity contribution is 0.134. The van der Waals surface area contributed by atoms with Gasteiger partial charge in [-0.15, -0.1) is 0 Å². The van der Waals surface area contributed by atoms with Crippen LogP contribution >= 0.6 is 0 Å². The Balaban J connectivity index is 1.29. The molecule has 0 spiro atoms. The van der Waals surface area contributed by atoms with E-state index in [1.54, 1.807) is 6.20 Å². The van der Waals surface area contributed by atoms with Gasteiger partial charge in [0.1, 0.15) is 6.07 Å². The number of benzene rings is 2. The third-order valence-corrected chi connectivity index (χ3v) is 8.16. The van der Waals surface area contributed by atoms with Crippen LogP contribution in [0.1, 0.15) is 49.4 Å². The predicted molar refractivity (Wildman–Crippen MR) is 137 cm³/mol. The Morgan fingerprint density at radius 3 is 2.71 bits per heavy atom. The maximum Gasteiger partial charge on any atom is 0.101 e. The molecule has 174 valence electrons. The summed E-state index contributed by atoms with van der Waals surface area (Å²) >= 11 is 0. The highest BCUT2D eigenvalue weighted by Crippen LogP contribution is 2.42. The molecule has 2 saturated heterocycles. The fourth-order valence-electron chi connectivity index (χ4n) is 6.11. The van der Waals surface area contributed by atoms with Crippen molar-refractivity contribution in [2.24, 2.45) is 5.73 Å². The van der Waals surface area contributed by atoms with E-state index in [0.29, 0.717) is 17.6 Å². The molecule has 0 amide bonds. The van der Waals surface area contributed by atoms with Gasteiger partial charge in [0.25, 0.3) is 0 Å². The standard InChI is InChI=1S/C28H32N6/c1-19-16-33(25-8-5-20(15-29)27-24(25)4-3-11-31-27)18-26-23-7-6-22(14-21(23)17-34(19)26)32-12-9-28(2,30)10-13-32/h3-8,11,14,19,26H,9-10,12-13,16-18,30H2,1-2H3/t19-,26-/m1/s1. The van der Waals surface area contributed by atoms with Crippen LogP contribution in [0.2, 0.25) is 0 Å². The molecule has 0 radical (unpaired) electrons. The SMILES string of the molecule is C[C@@H]1CN(c2ccc(C#N)c3ncccc23)C[C@@H]2c3ccc(N4CCC(C)(N)CC4)cc3CN12. The van der Waals surface area contributed by atoms with E-state index >= 15 is 0 Å². The zero-order chi connectivity index (χ0) is 23.4. The minimum Gasteiger partial charge on any atom is -0.371 e. The van der Waals surface area contributed by atoms with Crippen molar-refractivity contribution in [3.05, 3.63) is 65.4 Å². The lowest BCUT2D eigenvalue weighted by Gasteiger charge is -2.44. The highest BCUT2D eigenvalue weighted by molar-refractivity contribution is 5.95. The van der Waals surface area contributed by atoms with Crippen LogP contribution in [0.3, 0.4) is 0 Å². The van der Waals surface area contributed by atoms with E-state index < -0.39 is 0 Å². The van der Waals surface area contributed by atoms with E-state index in [-0.39, 0.29) is 5.54 Å². The number of fused-ring (bicyclic) bond motifs is 4. The second-order valence-electron chi connectivity index (χ2n) is 10.6. The fraction of sp³-hybridized carbons (Fsp3) is 0.429. The van der Waals surface area contributed by atoms with Gasteiger partial charge < -0.3 is 15.5 Å². The largest absolute Gasteiger partial charge is 0.371 e. The van der Waals surface area contributed by atoms with Crippen LogP contribution in [-0.2, 0) is 6.54 Å². The molecule has 6 heteroatoms. The van der Waals surface area contributed by atoms with Crippen molar-refractivity contribution in [3.63, 3.8) is 0 Å². The summed E-state index contributed by atoms with van der Waals surface area (Å²) < 4.78 is 0. The molecule has 3 aromatic rings. The highest BCUT2D eigenvalue weighted by atomic mass is 15.3. The van der Waals surface area contributed by atoms with Crippen molar-refractivity contribution in [1.82, 2.24) is 9.88 Å². The zero-order valence-electron chi connectivity index (χ0n) is 20.0. The number of rotatable bonds is 2. The first-order valence-corrected chi connectivity index (χ1v) is 12.4. The van der Waals surface area contributed by atoms with Crippen molar-refractivity contribution in [2.75, 3.05) is 36.0 Å². The summed E-state index contributed by atoms with van der Waals surface area (Å²) in [6.07, 6.45) is 3.85. The van der Waals surface area contributed by atoms with Crippen LogP contribution in [0.4, 0.5) is 11.4 Å². The molecule has 2 N–H and O–H groups in total. The Kier molecular flexibility index (Phi) is 5.02. The minimum absolute atomic E-state index is 0.0299. The molecule has 34 heavy (non-hydrogen) atoms. The number of pyridine rings is 1. The molecule has 3 aliphatic rings. The van der Waals surface area contributed by atoms with E-state index in [9.17, 15) is 5.26 Å². The number of nitrogens with two attached hydrogens (primary N) is 1. The van der Waals surface area contributed by atoms with Gasteiger partial charge in [0.15, 0.2) is 0 Å². The smallest absolute Gasteiger partial charge is 0.101 e. The number of anilines is 2. The van der Waals surface area contributed by atoms with Crippen LogP contribution in [0.5, 0.6) is 0 Å². The van der Waals surface area contributed by atoms with Crippen LogP contribution in [0.15, 0.2) is 48.7 Å². The van der Waals surface area contributed by atoms with Gasteiger partial charge in [-0.1, -0.05) is 6.07 Å². The Bertz CT molecular complexity index is 1280. The summed E-state index contributed by atoms with van der Waals surface area (Å²) in [5.41, 5.74) is 13.2. The normalized spacial score (nSPS) is 24.1. The molecule has 3 aliphatic heterocycles. The zero-order valence-corrected chi connectivity index (χ0v) is 20.0. The van der Waals surface area contributed by atoms with Gasteiger partial charge in [-0.05, 0) is 74.2 Å². The number of aromatic nitrogens is 1. The van der Waals surface area contributed by atoms with E-state index in [0.717, 1.165) is 56.5 Å². The lowest BCUT2D eigenvalue weighted by atomic mass is 9.90. The highest BCUT2D eigenvalue weighted by Gasteiger charge is 2.39. The molecule has 0 unspecified atom stereocenters. The summed E-state index contributed by atoms with van der Waals surface area (Å²) in [6.45, 7) is 9.50. The quantitative estimate of drug-likeness (QED) is 0.629. The maximum absolute atomic E-state index is 9.53. The van der Waals surface area contributed by atoms with Gasteiger partial charge in [0.05, 0.1) is 17.1 Å². The van der Waals surface area contributed by atoms with Gasteiger partial charge in [0.2, 0.25) is 0 Å². The van der Waals surface area contributed by atoms with Crippen LogP contribution < -0.4 is 15.5 Å². The molecule has 1 aromatic heterocycles. The van der Waals surface area contributed by atoms with Gasteiger partial charge >= 0.3 is 0 Å². The lowest BCUT2D eigenvalue weighted by Crippen LogP contribution is -2.51. The average molecular weight is 453 g/mol. The van der Waals surface area contributed by atoms with Crippen molar-refractivity contribution in [2.45, 2.75) is 50.9 Å². The molecule has 0 aliphatic carbocycles. The molecule has 2 aromatic carbocycles. The number of nitrogens with zero attached hydrogens (tertiary/aromatic N) is 5. The topological polar surface area (TPSA) is 72.4 Å². The van der Waals surface area contributed by atoms with Crippen molar-refractivity contribution in [3.8, 4) is 6.07 Å². The summed E-state index contributed by atoms with van der Waals surface area (Å²) in [6, 6.07) is 18.3. The second kappa shape index (κ2) is 7.97. The molecular formula is C28H32N6. The first kappa shape index (κ1) is 21.4. The van der Waals surface area contributed by atoms with E-state index in [2.05, 4.69) is 69.9 Å². The number of hydrogen-bond donors (Lipinski definition) is 1. The van der Waals surface area contributed by atoms with Crippen LogP contribution in [0.25, 0.3) is 10.9 Å². The molecule has 0 saturated carbocycles. The van der Waals surface area contributed by atoms with Gasteiger partial charge in [0, 0.05) is 67.3 Å². The van der Waals surface area contributed by atoms with Crippen LogP contribution in [-0.4, -0.2) is 47.6 Å². The van der Waals surface area contributed by atoms with Crippen LogP contribution in [0, 0.1) is 11.3 Å². The Hall–Kier alpha value is -3.14. The van der Waals surface area contributed by atoms with E-state index in [1.807, 2.05) is 12.1 Å². The molecule has 4 heterocycles. The van der Waals surface area contributed by atoms with E-state index in [4.69, 9.17) is 5.73 Å². The third-order valence-electron chi connectivity index (χ3n) is 8.16. The second-order valence-corrected chi connectivity index (χ2v) is 10.6. The first-order valence-electron chi connectivity index (χ1n) is 12.4.